The highest BCUT2D eigenvalue weighted by Gasteiger charge is 2.35. The molecule has 0 saturated carbocycles. The van der Waals surface area contributed by atoms with Gasteiger partial charge in [0, 0.05) is 32.1 Å². The summed E-state index contributed by atoms with van der Waals surface area (Å²) in [5, 5.41) is 3.76. The van der Waals surface area contributed by atoms with Crippen molar-refractivity contribution in [3.05, 3.63) is 35.9 Å². The van der Waals surface area contributed by atoms with E-state index in [2.05, 4.69) is 66.2 Å². The fraction of sp³-hybridized carbons (Fsp3) is 0.556. The Morgan fingerprint density at radius 1 is 1.35 bits per heavy atom. The van der Waals surface area contributed by atoms with Crippen molar-refractivity contribution in [3.63, 3.8) is 0 Å². The van der Waals surface area contributed by atoms with Gasteiger partial charge in [-0.2, -0.15) is 0 Å². The van der Waals surface area contributed by atoms with Crippen molar-refractivity contribution >= 4 is 0 Å². The number of rotatable bonds is 4. The van der Waals surface area contributed by atoms with Crippen LogP contribution in [-0.2, 0) is 5.54 Å². The van der Waals surface area contributed by atoms with Gasteiger partial charge in [-0.3, -0.25) is 4.90 Å². The van der Waals surface area contributed by atoms with Crippen LogP contribution in [0.15, 0.2) is 30.3 Å². The Balaban J connectivity index is 2.11. The highest BCUT2D eigenvalue weighted by Crippen LogP contribution is 2.27. The maximum Gasteiger partial charge on any atom is 0.0535 e. The summed E-state index contributed by atoms with van der Waals surface area (Å²) in [7, 11) is 0. The van der Waals surface area contributed by atoms with Gasteiger partial charge < -0.3 is 5.32 Å². The number of nitrogens with zero attached hydrogens (tertiary/aromatic N) is 1. The monoisotopic (exact) mass is 270 g/mol. The average Bonchev–Trinajstić information content (AvgIpc) is 2.49. The van der Waals surface area contributed by atoms with E-state index in [1.54, 1.807) is 0 Å². The van der Waals surface area contributed by atoms with Crippen molar-refractivity contribution in [3.8, 4) is 11.8 Å². The lowest BCUT2D eigenvalue weighted by Crippen LogP contribution is -2.61. The van der Waals surface area contributed by atoms with Crippen molar-refractivity contribution in [2.45, 2.75) is 45.2 Å². The fourth-order valence-electron chi connectivity index (χ4n) is 3.05. The average molecular weight is 270 g/mol. The first kappa shape index (κ1) is 15.1. The molecule has 2 heteroatoms. The van der Waals surface area contributed by atoms with E-state index in [1.165, 1.54) is 12.0 Å². The summed E-state index contributed by atoms with van der Waals surface area (Å²) >= 11 is 0. The van der Waals surface area contributed by atoms with E-state index in [1.807, 2.05) is 6.92 Å². The molecule has 2 rings (SSSR count). The van der Waals surface area contributed by atoms with Gasteiger partial charge in [-0.1, -0.05) is 37.3 Å². The normalized spacial score (nSPS) is 26.9. The molecule has 1 aromatic rings. The third kappa shape index (κ3) is 3.42. The van der Waals surface area contributed by atoms with Crippen molar-refractivity contribution in [2.24, 2.45) is 0 Å². The molecule has 2 nitrogen and oxygen atoms in total. The van der Waals surface area contributed by atoms with Crippen LogP contribution >= 0.6 is 0 Å². The Morgan fingerprint density at radius 3 is 2.75 bits per heavy atom. The van der Waals surface area contributed by atoms with E-state index < -0.39 is 0 Å². The van der Waals surface area contributed by atoms with Crippen LogP contribution in [0.4, 0.5) is 0 Å². The second-order valence-corrected chi connectivity index (χ2v) is 5.79. The topological polar surface area (TPSA) is 15.3 Å². The molecule has 0 bridgehead atoms. The van der Waals surface area contributed by atoms with Crippen molar-refractivity contribution in [1.82, 2.24) is 10.2 Å². The Kier molecular flexibility index (Phi) is 5.23. The summed E-state index contributed by atoms with van der Waals surface area (Å²) in [6.07, 6.45) is 2.16. The van der Waals surface area contributed by atoms with E-state index in [0.717, 1.165) is 26.1 Å². The summed E-state index contributed by atoms with van der Waals surface area (Å²) in [6, 6.07) is 11.4. The number of nitrogens with one attached hydrogen (secondary N) is 1. The summed E-state index contributed by atoms with van der Waals surface area (Å²) in [4.78, 5) is 2.60. The van der Waals surface area contributed by atoms with Crippen LogP contribution in [0.3, 0.4) is 0 Å². The second-order valence-electron chi connectivity index (χ2n) is 5.79. The molecule has 1 aromatic carbocycles. The molecule has 0 spiro atoms. The zero-order valence-corrected chi connectivity index (χ0v) is 12.9. The lowest BCUT2D eigenvalue weighted by molar-refractivity contribution is 0.0854. The van der Waals surface area contributed by atoms with Gasteiger partial charge in [0.05, 0.1) is 5.54 Å². The van der Waals surface area contributed by atoms with Crippen molar-refractivity contribution in [2.75, 3.05) is 19.6 Å². The molecular weight excluding hydrogens is 244 g/mol. The molecule has 1 aliphatic heterocycles. The Hall–Kier alpha value is -1.30. The smallest absolute Gasteiger partial charge is 0.0535 e. The van der Waals surface area contributed by atoms with Gasteiger partial charge in [-0.15, -0.1) is 11.8 Å². The van der Waals surface area contributed by atoms with Gasteiger partial charge in [-0.25, -0.2) is 0 Å². The van der Waals surface area contributed by atoms with Crippen LogP contribution in [0.25, 0.3) is 0 Å². The zero-order valence-electron chi connectivity index (χ0n) is 12.9. The van der Waals surface area contributed by atoms with Gasteiger partial charge in [0.15, 0.2) is 0 Å². The van der Waals surface area contributed by atoms with Gasteiger partial charge in [0.2, 0.25) is 0 Å². The van der Waals surface area contributed by atoms with Crippen LogP contribution in [0.1, 0.15) is 39.2 Å². The Morgan fingerprint density at radius 2 is 2.10 bits per heavy atom. The number of benzene rings is 1. The molecule has 0 amide bonds. The van der Waals surface area contributed by atoms with E-state index >= 15 is 0 Å². The minimum absolute atomic E-state index is 0.0482. The minimum Gasteiger partial charge on any atom is -0.305 e. The quantitative estimate of drug-likeness (QED) is 0.846. The number of hydrogen-bond donors (Lipinski definition) is 1. The van der Waals surface area contributed by atoms with E-state index in [4.69, 9.17) is 0 Å². The third-order valence-corrected chi connectivity index (χ3v) is 4.35. The molecule has 1 heterocycles. The number of hydrogen-bond acceptors (Lipinski definition) is 2. The summed E-state index contributed by atoms with van der Waals surface area (Å²) < 4.78 is 0. The first-order valence-corrected chi connectivity index (χ1v) is 7.64. The standard InChI is InChI=1S/C18H26N2/c1-4-6-10-13-20-15-18(3,19-14-17(20)5-2)16-11-8-7-9-12-16/h7-9,11-12,17,19H,5,10,13-15H2,1-3H3. The van der Waals surface area contributed by atoms with Crippen LogP contribution in [0.5, 0.6) is 0 Å². The first-order valence-electron chi connectivity index (χ1n) is 7.64. The Labute approximate surface area is 123 Å². The molecular formula is C18H26N2. The predicted molar refractivity (Wildman–Crippen MR) is 85.5 cm³/mol. The fourth-order valence-corrected chi connectivity index (χ4v) is 3.05. The first-order chi connectivity index (χ1) is 9.69. The van der Waals surface area contributed by atoms with Crippen molar-refractivity contribution in [1.29, 1.82) is 0 Å². The van der Waals surface area contributed by atoms with Crippen LogP contribution < -0.4 is 5.32 Å². The molecule has 0 radical (unpaired) electrons. The maximum atomic E-state index is 3.76. The molecule has 2 unspecified atom stereocenters. The maximum absolute atomic E-state index is 3.76. The summed E-state index contributed by atoms with van der Waals surface area (Å²) in [5.74, 6) is 6.20. The van der Waals surface area contributed by atoms with Crippen LogP contribution in [0, 0.1) is 11.8 Å². The summed E-state index contributed by atoms with van der Waals surface area (Å²) in [6.45, 7) is 9.69. The third-order valence-electron chi connectivity index (χ3n) is 4.35. The molecule has 1 saturated heterocycles. The van der Waals surface area contributed by atoms with Gasteiger partial charge >= 0.3 is 0 Å². The van der Waals surface area contributed by atoms with Gasteiger partial charge in [0.25, 0.3) is 0 Å². The van der Waals surface area contributed by atoms with Crippen molar-refractivity contribution < 1.29 is 0 Å². The largest absolute Gasteiger partial charge is 0.305 e. The van der Waals surface area contributed by atoms with Crippen LogP contribution in [-0.4, -0.2) is 30.6 Å². The molecule has 20 heavy (non-hydrogen) atoms. The number of piperazine rings is 1. The highest BCUT2D eigenvalue weighted by atomic mass is 15.2. The van der Waals surface area contributed by atoms with E-state index in [9.17, 15) is 0 Å². The van der Waals surface area contributed by atoms with E-state index in [-0.39, 0.29) is 5.54 Å². The minimum atomic E-state index is 0.0482. The molecule has 1 fully saturated rings. The Bertz CT molecular complexity index is 471. The highest BCUT2D eigenvalue weighted by molar-refractivity contribution is 5.25. The molecule has 2 atom stereocenters. The lowest BCUT2D eigenvalue weighted by Gasteiger charge is -2.46. The molecule has 0 aliphatic carbocycles. The lowest BCUT2D eigenvalue weighted by atomic mass is 9.87. The van der Waals surface area contributed by atoms with Gasteiger partial charge in [0.1, 0.15) is 0 Å². The van der Waals surface area contributed by atoms with E-state index in [0.29, 0.717) is 6.04 Å². The van der Waals surface area contributed by atoms with Gasteiger partial charge in [-0.05, 0) is 25.8 Å². The molecule has 108 valence electrons. The summed E-state index contributed by atoms with van der Waals surface area (Å²) in [5.41, 5.74) is 1.42. The second kappa shape index (κ2) is 6.92. The molecule has 1 aliphatic rings. The van der Waals surface area contributed by atoms with Crippen LogP contribution in [0.2, 0.25) is 0 Å². The SMILES string of the molecule is CC#CCCN1CC(C)(c2ccccc2)NCC1CC. The zero-order chi connectivity index (χ0) is 14.4. The molecule has 0 aromatic heterocycles. The predicted octanol–water partition coefficient (Wildman–Crippen LogP) is 3.00. The molecule has 1 N–H and O–H groups in total.